The fourth-order valence-corrected chi connectivity index (χ4v) is 5.70. The Bertz CT molecular complexity index is 925. The molecule has 0 saturated carbocycles. The molecule has 5 heteroatoms. The Morgan fingerprint density at radius 3 is 2.74 bits per heavy atom. The fraction of sp³-hybridized carbons (Fsp3) is 0.364. The van der Waals surface area contributed by atoms with E-state index in [0.717, 1.165) is 31.4 Å². The number of fused-ring (bicyclic) bond motifs is 1. The topological polar surface area (TPSA) is 33.2 Å². The van der Waals surface area contributed by atoms with Crippen LogP contribution in [0.5, 0.6) is 0 Å². The Kier molecular flexibility index (Phi) is 5.50. The minimum atomic E-state index is 0.253. The van der Waals surface area contributed by atoms with Gasteiger partial charge < -0.3 is 4.90 Å². The number of benzene rings is 2. The minimum Gasteiger partial charge on any atom is -0.342 e. The number of hydrogen-bond acceptors (Lipinski definition) is 4. The lowest BCUT2D eigenvalue weighted by Gasteiger charge is -2.31. The predicted molar refractivity (Wildman–Crippen MR) is 115 cm³/mol. The number of carbonyl (C=O) groups excluding carboxylic acids is 1. The van der Waals surface area contributed by atoms with E-state index >= 15 is 0 Å². The first-order valence-electron chi connectivity index (χ1n) is 9.43. The number of piperidine rings is 1. The summed E-state index contributed by atoms with van der Waals surface area (Å²) in [5.41, 5.74) is 3.58. The molecular weight excluding hydrogens is 372 g/mol. The summed E-state index contributed by atoms with van der Waals surface area (Å²) < 4.78 is 1.26. The highest BCUT2D eigenvalue weighted by Gasteiger charge is 2.25. The molecule has 0 spiro atoms. The zero-order valence-electron chi connectivity index (χ0n) is 15.8. The summed E-state index contributed by atoms with van der Waals surface area (Å²) in [6.07, 6.45) is 2.03. The summed E-state index contributed by atoms with van der Waals surface area (Å²) in [6, 6.07) is 14.8. The molecule has 140 valence electrons. The van der Waals surface area contributed by atoms with E-state index in [1.165, 1.54) is 25.7 Å². The number of likely N-dealkylation sites (tertiary alicyclic amines) is 1. The number of carbonyl (C=O) groups is 1. The van der Waals surface area contributed by atoms with E-state index in [1.54, 1.807) is 23.1 Å². The molecule has 3 aromatic rings. The first-order valence-corrected chi connectivity index (χ1v) is 11.2. The van der Waals surface area contributed by atoms with E-state index in [4.69, 9.17) is 4.98 Å². The van der Waals surface area contributed by atoms with Crippen LogP contribution in [0.3, 0.4) is 0 Å². The van der Waals surface area contributed by atoms with E-state index in [0.29, 0.717) is 11.7 Å². The van der Waals surface area contributed by atoms with E-state index in [9.17, 15) is 4.79 Å². The Hall–Kier alpha value is -1.85. The number of thioether (sulfide) groups is 1. The summed E-state index contributed by atoms with van der Waals surface area (Å²) >= 11 is 3.47. The van der Waals surface area contributed by atoms with Gasteiger partial charge in [-0.1, -0.05) is 29.8 Å². The van der Waals surface area contributed by atoms with Gasteiger partial charge in [0.25, 0.3) is 0 Å². The highest BCUT2D eigenvalue weighted by molar-refractivity contribution is 8.00. The van der Waals surface area contributed by atoms with Gasteiger partial charge in [-0.15, -0.1) is 23.1 Å². The lowest BCUT2D eigenvalue weighted by atomic mass is 9.97. The second-order valence-corrected chi connectivity index (χ2v) is 9.31. The van der Waals surface area contributed by atoms with Crippen LogP contribution in [0.25, 0.3) is 10.2 Å². The Morgan fingerprint density at radius 2 is 1.96 bits per heavy atom. The molecule has 3 nitrogen and oxygen atoms in total. The monoisotopic (exact) mass is 396 g/mol. The van der Waals surface area contributed by atoms with E-state index in [2.05, 4.69) is 50.2 Å². The van der Waals surface area contributed by atoms with Crippen molar-refractivity contribution in [2.24, 2.45) is 0 Å². The average molecular weight is 397 g/mol. The normalized spacial score (nSPS) is 15.4. The van der Waals surface area contributed by atoms with Crippen LogP contribution in [0.4, 0.5) is 0 Å². The molecular formula is C22H24N2OS2. The van der Waals surface area contributed by atoms with Gasteiger partial charge in [-0.05, 0) is 50.5 Å². The quantitative estimate of drug-likeness (QED) is 0.553. The Labute approximate surface area is 168 Å². The third kappa shape index (κ3) is 4.19. The number of nitrogens with zero attached hydrogens (tertiary/aromatic N) is 2. The van der Waals surface area contributed by atoms with Crippen LogP contribution in [0, 0.1) is 13.8 Å². The molecule has 1 fully saturated rings. The molecule has 0 unspecified atom stereocenters. The molecule has 0 radical (unpaired) electrons. The predicted octanol–water partition coefficient (Wildman–Crippen LogP) is 5.41. The van der Waals surface area contributed by atoms with Crippen LogP contribution in [-0.4, -0.2) is 34.6 Å². The summed E-state index contributed by atoms with van der Waals surface area (Å²) in [7, 11) is 0. The third-order valence-electron chi connectivity index (χ3n) is 5.20. The Morgan fingerprint density at radius 1 is 1.19 bits per heavy atom. The lowest BCUT2D eigenvalue weighted by Crippen LogP contribution is -2.38. The number of aryl methyl sites for hydroxylation is 2. The zero-order valence-corrected chi connectivity index (χ0v) is 17.4. The van der Waals surface area contributed by atoms with Gasteiger partial charge in [0.05, 0.1) is 21.0 Å². The van der Waals surface area contributed by atoms with Crippen molar-refractivity contribution >= 4 is 39.2 Å². The second-order valence-electron chi connectivity index (χ2n) is 7.23. The highest BCUT2D eigenvalue weighted by Crippen LogP contribution is 2.34. The molecule has 0 N–H and O–H groups in total. The van der Waals surface area contributed by atoms with Crippen LogP contribution in [0.15, 0.2) is 47.4 Å². The standard InChI is InChI=1S/C22H24N2OS2/c1-15-7-8-16(2)20(13-15)26-14-21(25)24-11-9-17(10-12-24)22-23-18-5-3-4-6-19(18)27-22/h3-8,13,17H,9-12,14H2,1-2H3. The molecule has 0 atom stereocenters. The molecule has 1 aliphatic heterocycles. The first-order chi connectivity index (χ1) is 13.1. The van der Waals surface area contributed by atoms with Crippen molar-refractivity contribution in [3.05, 3.63) is 58.6 Å². The second kappa shape index (κ2) is 8.03. The van der Waals surface area contributed by atoms with Gasteiger partial charge in [-0.25, -0.2) is 4.98 Å². The molecule has 1 amide bonds. The van der Waals surface area contributed by atoms with Gasteiger partial charge in [-0.2, -0.15) is 0 Å². The molecule has 1 saturated heterocycles. The van der Waals surface area contributed by atoms with Gasteiger partial charge in [0.2, 0.25) is 5.91 Å². The van der Waals surface area contributed by atoms with Crippen LogP contribution < -0.4 is 0 Å². The van der Waals surface area contributed by atoms with Crippen molar-refractivity contribution < 1.29 is 4.79 Å². The molecule has 1 aromatic heterocycles. The summed E-state index contributed by atoms with van der Waals surface area (Å²) in [6.45, 7) is 5.88. The largest absolute Gasteiger partial charge is 0.342 e. The van der Waals surface area contributed by atoms with Gasteiger partial charge in [0.15, 0.2) is 0 Å². The van der Waals surface area contributed by atoms with Crippen LogP contribution >= 0.6 is 23.1 Å². The van der Waals surface area contributed by atoms with Crippen molar-refractivity contribution in [3.8, 4) is 0 Å². The molecule has 0 aliphatic carbocycles. The molecule has 27 heavy (non-hydrogen) atoms. The van der Waals surface area contributed by atoms with Crippen molar-refractivity contribution in [2.45, 2.75) is 37.5 Å². The third-order valence-corrected chi connectivity index (χ3v) is 7.54. The maximum atomic E-state index is 12.6. The minimum absolute atomic E-state index is 0.253. The van der Waals surface area contributed by atoms with Crippen LogP contribution in [0.2, 0.25) is 0 Å². The van der Waals surface area contributed by atoms with Gasteiger partial charge >= 0.3 is 0 Å². The molecule has 0 bridgehead atoms. The zero-order chi connectivity index (χ0) is 18.8. The van der Waals surface area contributed by atoms with Gasteiger partial charge in [0.1, 0.15) is 0 Å². The summed E-state index contributed by atoms with van der Waals surface area (Å²) in [5, 5.41) is 1.23. The van der Waals surface area contributed by atoms with E-state index in [-0.39, 0.29) is 5.91 Å². The van der Waals surface area contributed by atoms with Crippen molar-refractivity contribution in [3.63, 3.8) is 0 Å². The maximum absolute atomic E-state index is 12.6. The number of amides is 1. The molecule has 2 aromatic carbocycles. The molecule has 4 rings (SSSR count). The molecule has 2 heterocycles. The maximum Gasteiger partial charge on any atom is 0.232 e. The SMILES string of the molecule is Cc1ccc(C)c(SCC(=O)N2CCC(c3nc4ccccc4s3)CC2)c1. The highest BCUT2D eigenvalue weighted by atomic mass is 32.2. The number of para-hydroxylation sites is 1. The van der Waals surface area contributed by atoms with Crippen LogP contribution in [-0.2, 0) is 4.79 Å². The number of aromatic nitrogens is 1. The van der Waals surface area contributed by atoms with Gasteiger partial charge in [-0.3, -0.25) is 4.79 Å². The first kappa shape index (κ1) is 18.5. The van der Waals surface area contributed by atoms with Crippen molar-refractivity contribution in [1.29, 1.82) is 0 Å². The summed E-state index contributed by atoms with van der Waals surface area (Å²) in [5.74, 6) is 1.26. The molecule has 1 aliphatic rings. The Balaban J connectivity index is 1.33. The average Bonchev–Trinajstić information content (AvgIpc) is 3.13. The smallest absolute Gasteiger partial charge is 0.232 e. The van der Waals surface area contributed by atoms with Crippen molar-refractivity contribution in [1.82, 2.24) is 9.88 Å². The van der Waals surface area contributed by atoms with Crippen molar-refractivity contribution in [2.75, 3.05) is 18.8 Å². The van der Waals surface area contributed by atoms with Crippen LogP contribution in [0.1, 0.15) is 34.9 Å². The lowest BCUT2D eigenvalue weighted by molar-refractivity contribution is -0.129. The number of thiazole rings is 1. The number of hydrogen-bond donors (Lipinski definition) is 0. The summed E-state index contributed by atoms with van der Waals surface area (Å²) in [4.78, 5) is 20.7. The number of rotatable bonds is 4. The van der Waals surface area contributed by atoms with Gasteiger partial charge in [0, 0.05) is 23.9 Å². The fourth-order valence-electron chi connectivity index (χ4n) is 3.53. The van der Waals surface area contributed by atoms with E-state index in [1.807, 2.05) is 11.0 Å². The van der Waals surface area contributed by atoms with E-state index < -0.39 is 0 Å².